The minimum Gasteiger partial charge on any atom is -0.497 e. The summed E-state index contributed by atoms with van der Waals surface area (Å²) in [7, 11) is 1.52. The van der Waals surface area contributed by atoms with Gasteiger partial charge in [-0.3, -0.25) is 4.79 Å². The Morgan fingerprint density at radius 2 is 1.89 bits per heavy atom. The van der Waals surface area contributed by atoms with Gasteiger partial charge in [0.15, 0.2) is 0 Å². The molecule has 0 saturated carbocycles. The standard InChI is InChI=1S/C18H16BrClF3N3O2/c1-28-12-2-3-14(19)13(9-12)17(27)26-6-4-25(5-7-26)16-15(20)8-11(10-24-16)18(21,22)23/h2-3,8-10H,4-7H2,1H3. The fourth-order valence-corrected chi connectivity index (χ4v) is 3.61. The zero-order valence-corrected chi connectivity index (χ0v) is 17.1. The summed E-state index contributed by atoms with van der Waals surface area (Å²) in [6.45, 7) is 1.60. The lowest BCUT2D eigenvalue weighted by Gasteiger charge is -2.36. The predicted octanol–water partition coefficient (Wildman–Crippen LogP) is 4.49. The molecule has 0 aliphatic carbocycles. The van der Waals surface area contributed by atoms with E-state index >= 15 is 0 Å². The Labute approximate surface area is 173 Å². The molecule has 2 aromatic rings. The average molecular weight is 479 g/mol. The Balaban J connectivity index is 1.70. The van der Waals surface area contributed by atoms with Crippen molar-refractivity contribution in [1.29, 1.82) is 0 Å². The summed E-state index contributed by atoms with van der Waals surface area (Å²) in [5.74, 6) is 0.701. The quantitative estimate of drug-likeness (QED) is 0.652. The number of carbonyl (C=O) groups excluding carboxylic acids is 1. The Kier molecular flexibility index (Phi) is 6.04. The summed E-state index contributed by atoms with van der Waals surface area (Å²) in [6, 6.07) is 6.02. The van der Waals surface area contributed by atoms with Crippen molar-refractivity contribution >= 4 is 39.3 Å². The SMILES string of the molecule is COc1ccc(Br)c(C(=O)N2CCN(c3ncc(C(F)(F)F)cc3Cl)CC2)c1. The number of aromatic nitrogens is 1. The molecule has 1 saturated heterocycles. The van der Waals surface area contributed by atoms with Crippen molar-refractivity contribution in [3.05, 3.63) is 51.1 Å². The zero-order valence-electron chi connectivity index (χ0n) is 14.8. The van der Waals surface area contributed by atoms with Crippen LogP contribution in [0.4, 0.5) is 19.0 Å². The fourth-order valence-electron chi connectivity index (χ4n) is 2.91. The second-order valence-electron chi connectivity index (χ2n) is 6.15. The lowest BCUT2D eigenvalue weighted by molar-refractivity contribution is -0.137. The number of alkyl halides is 3. The maximum Gasteiger partial charge on any atom is 0.417 e. The van der Waals surface area contributed by atoms with Crippen LogP contribution in [0.25, 0.3) is 0 Å². The van der Waals surface area contributed by atoms with Gasteiger partial charge in [0.2, 0.25) is 0 Å². The number of halogens is 5. The van der Waals surface area contributed by atoms with Crippen molar-refractivity contribution in [3.63, 3.8) is 0 Å². The number of hydrogen-bond acceptors (Lipinski definition) is 4. The highest BCUT2D eigenvalue weighted by Crippen LogP contribution is 2.34. The average Bonchev–Trinajstić information content (AvgIpc) is 2.67. The van der Waals surface area contributed by atoms with Crippen molar-refractivity contribution in [2.75, 3.05) is 38.2 Å². The van der Waals surface area contributed by atoms with E-state index in [9.17, 15) is 18.0 Å². The molecule has 3 rings (SSSR count). The molecule has 0 unspecified atom stereocenters. The number of methoxy groups -OCH3 is 1. The number of pyridine rings is 1. The molecular formula is C18H16BrClF3N3O2. The minimum atomic E-state index is -4.50. The Hall–Kier alpha value is -2.00. The monoisotopic (exact) mass is 477 g/mol. The summed E-state index contributed by atoms with van der Waals surface area (Å²) < 4.78 is 44.1. The van der Waals surface area contributed by atoms with Gasteiger partial charge >= 0.3 is 6.18 Å². The first kappa shape index (κ1) is 20.7. The molecule has 2 heterocycles. The van der Waals surface area contributed by atoms with Gasteiger partial charge in [-0.25, -0.2) is 4.98 Å². The van der Waals surface area contributed by atoms with Crippen molar-refractivity contribution in [2.45, 2.75) is 6.18 Å². The van der Waals surface area contributed by atoms with E-state index in [1.165, 1.54) is 7.11 Å². The Morgan fingerprint density at radius 1 is 1.21 bits per heavy atom. The van der Waals surface area contributed by atoms with Gasteiger partial charge in [0.25, 0.3) is 5.91 Å². The van der Waals surface area contributed by atoms with E-state index in [1.807, 2.05) is 0 Å². The lowest BCUT2D eigenvalue weighted by Crippen LogP contribution is -2.49. The molecule has 1 fully saturated rings. The molecular weight excluding hydrogens is 463 g/mol. The number of benzene rings is 1. The van der Waals surface area contributed by atoms with E-state index in [4.69, 9.17) is 16.3 Å². The van der Waals surface area contributed by atoms with Crippen LogP contribution >= 0.6 is 27.5 Å². The molecule has 0 radical (unpaired) electrons. The lowest BCUT2D eigenvalue weighted by atomic mass is 10.1. The summed E-state index contributed by atoms with van der Waals surface area (Å²) in [4.78, 5) is 20.1. The summed E-state index contributed by atoms with van der Waals surface area (Å²) in [5.41, 5.74) is -0.406. The van der Waals surface area contributed by atoms with Crippen molar-refractivity contribution in [2.24, 2.45) is 0 Å². The molecule has 10 heteroatoms. The van der Waals surface area contributed by atoms with Crippen molar-refractivity contribution < 1.29 is 22.7 Å². The van der Waals surface area contributed by atoms with E-state index < -0.39 is 11.7 Å². The summed E-state index contributed by atoms with van der Waals surface area (Å²) >= 11 is 9.39. The summed E-state index contributed by atoms with van der Waals surface area (Å²) in [6.07, 6.45) is -3.73. The number of anilines is 1. The third-order valence-corrected chi connectivity index (χ3v) is 5.39. The van der Waals surface area contributed by atoms with E-state index in [-0.39, 0.29) is 16.7 Å². The highest BCUT2D eigenvalue weighted by atomic mass is 79.9. The normalized spacial score (nSPS) is 14.9. The van der Waals surface area contributed by atoms with Crippen LogP contribution in [-0.2, 0) is 6.18 Å². The number of hydrogen-bond donors (Lipinski definition) is 0. The molecule has 0 N–H and O–H groups in total. The van der Waals surface area contributed by atoms with E-state index in [0.29, 0.717) is 42.0 Å². The molecule has 1 aliphatic heterocycles. The Bertz CT molecular complexity index is 887. The van der Waals surface area contributed by atoms with Gasteiger partial charge in [-0.05, 0) is 40.2 Å². The van der Waals surface area contributed by atoms with E-state index in [0.717, 1.165) is 12.3 Å². The number of ether oxygens (including phenoxy) is 1. The van der Waals surface area contributed by atoms with Crippen LogP contribution in [0.3, 0.4) is 0 Å². The van der Waals surface area contributed by atoms with Gasteiger partial charge in [-0.1, -0.05) is 11.6 Å². The molecule has 0 atom stereocenters. The van der Waals surface area contributed by atoms with Gasteiger partial charge in [-0.15, -0.1) is 0 Å². The van der Waals surface area contributed by atoms with Crippen molar-refractivity contribution in [1.82, 2.24) is 9.88 Å². The zero-order chi connectivity index (χ0) is 20.5. The second kappa shape index (κ2) is 8.16. The second-order valence-corrected chi connectivity index (χ2v) is 7.41. The molecule has 1 aromatic heterocycles. The molecule has 28 heavy (non-hydrogen) atoms. The Morgan fingerprint density at radius 3 is 2.46 bits per heavy atom. The largest absolute Gasteiger partial charge is 0.497 e. The van der Waals surface area contributed by atoms with E-state index in [1.54, 1.807) is 28.0 Å². The molecule has 1 aliphatic rings. The van der Waals surface area contributed by atoms with Gasteiger partial charge < -0.3 is 14.5 Å². The van der Waals surface area contributed by atoms with Gasteiger partial charge in [-0.2, -0.15) is 13.2 Å². The smallest absolute Gasteiger partial charge is 0.417 e. The molecule has 0 spiro atoms. The van der Waals surface area contributed by atoms with Crippen LogP contribution in [0.15, 0.2) is 34.9 Å². The van der Waals surface area contributed by atoms with Crippen LogP contribution in [0, 0.1) is 0 Å². The molecule has 1 aromatic carbocycles. The van der Waals surface area contributed by atoms with Crippen LogP contribution < -0.4 is 9.64 Å². The van der Waals surface area contributed by atoms with Crippen molar-refractivity contribution in [3.8, 4) is 5.75 Å². The highest BCUT2D eigenvalue weighted by Gasteiger charge is 2.32. The summed E-state index contributed by atoms with van der Waals surface area (Å²) in [5, 5.41) is -0.0647. The molecule has 5 nitrogen and oxygen atoms in total. The van der Waals surface area contributed by atoms with E-state index in [2.05, 4.69) is 20.9 Å². The number of carbonyl (C=O) groups is 1. The third kappa shape index (κ3) is 4.35. The minimum absolute atomic E-state index is 0.0647. The number of nitrogens with zero attached hydrogens (tertiary/aromatic N) is 3. The van der Waals surface area contributed by atoms with Crippen LogP contribution in [0.2, 0.25) is 5.02 Å². The van der Waals surface area contributed by atoms with Crippen LogP contribution in [0.1, 0.15) is 15.9 Å². The highest BCUT2D eigenvalue weighted by molar-refractivity contribution is 9.10. The van der Waals surface area contributed by atoms with Crippen LogP contribution in [-0.4, -0.2) is 49.1 Å². The fraction of sp³-hybridized carbons (Fsp3) is 0.333. The van der Waals surface area contributed by atoms with Gasteiger partial charge in [0, 0.05) is 36.8 Å². The first-order valence-corrected chi connectivity index (χ1v) is 9.48. The molecule has 150 valence electrons. The van der Waals surface area contributed by atoms with Gasteiger partial charge in [0.1, 0.15) is 11.6 Å². The third-order valence-electron chi connectivity index (χ3n) is 4.42. The maximum absolute atomic E-state index is 12.8. The van der Waals surface area contributed by atoms with Gasteiger partial charge in [0.05, 0.1) is 23.3 Å². The number of amides is 1. The first-order chi connectivity index (χ1) is 13.2. The molecule has 1 amide bonds. The topological polar surface area (TPSA) is 45.7 Å². The van der Waals surface area contributed by atoms with Crippen LogP contribution in [0.5, 0.6) is 5.75 Å². The first-order valence-electron chi connectivity index (χ1n) is 8.31. The number of piperazine rings is 1. The predicted molar refractivity (Wildman–Crippen MR) is 103 cm³/mol. The molecule has 0 bridgehead atoms. The number of rotatable bonds is 3. The maximum atomic E-state index is 12.8.